The summed E-state index contributed by atoms with van der Waals surface area (Å²) in [7, 11) is 2.08. The molecule has 0 aromatic heterocycles. The molecule has 0 fully saturated rings. The van der Waals surface area contributed by atoms with Gasteiger partial charge < -0.3 is 10.0 Å². The van der Waals surface area contributed by atoms with Gasteiger partial charge in [-0.05, 0) is 38.4 Å². The fraction of sp³-hybridized carbons (Fsp3) is 0.500. The summed E-state index contributed by atoms with van der Waals surface area (Å²) < 4.78 is 0. The summed E-state index contributed by atoms with van der Waals surface area (Å²) in [5.74, 6) is -0.841. The molecule has 0 saturated heterocycles. The predicted octanol–water partition coefficient (Wildman–Crippen LogP) is 2.66. The van der Waals surface area contributed by atoms with Crippen molar-refractivity contribution in [1.29, 1.82) is 0 Å². The highest BCUT2D eigenvalue weighted by molar-refractivity contribution is 5.89. The predicted molar refractivity (Wildman–Crippen MR) is 69.5 cm³/mol. The Kier molecular flexibility index (Phi) is 5.16. The molecule has 3 nitrogen and oxygen atoms in total. The summed E-state index contributed by atoms with van der Waals surface area (Å²) in [5, 5.41) is 9.07. The monoisotopic (exact) mass is 235 g/mol. The summed E-state index contributed by atoms with van der Waals surface area (Å²) >= 11 is 0. The third kappa shape index (κ3) is 3.86. The number of likely N-dealkylation sites (N-methyl/N-ethyl adjacent to an activating group) is 1. The average molecular weight is 235 g/mol. The zero-order valence-electron chi connectivity index (χ0n) is 10.8. The first-order chi connectivity index (χ1) is 8.06. The molecule has 0 amide bonds. The zero-order chi connectivity index (χ0) is 12.8. The number of aromatic carboxylic acids is 1. The third-order valence-electron chi connectivity index (χ3n) is 3.32. The Morgan fingerprint density at radius 1 is 1.41 bits per heavy atom. The van der Waals surface area contributed by atoms with Crippen LogP contribution in [-0.4, -0.2) is 35.6 Å². The Morgan fingerprint density at radius 3 is 2.65 bits per heavy atom. The molecule has 1 rings (SSSR count). The topological polar surface area (TPSA) is 40.5 Å². The molecule has 0 aliphatic heterocycles. The number of carboxylic acids is 1. The molecule has 17 heavy (non-hydrogen) atoms. The van der Waals surface area contributed by atoms with Gasteiger partial charge in [0, 0.05) is 12.6 Å². The molecule has 94 valence electrons. The van der Waals surface area contributed by atoms with Gasteiger partial charge >= 0.3 is 5.97 Å². The second-order valence-corrected chi connectivity index (χ2v) is 4.45. The molecule has 0 aliphatic rings. The normalized spacial score (nSPS) is 12.7. The maximum Gasteiger partial charge on any atom is 0.335 e. The van der Waals surface area contributed by atoms with E-state index in [4.69, 9.17) is 5.11 Å². The van der Waals surface area contributed by atoms with E-state index in [2.05, 4.69) is 25.8 Å². The Bertz CT molecular complexity index is 376. The van der Waals surface area contributed by atoms with Gasteiger partial charge in [0.25, 0.3) is 0 Å². The Hall–Kier alpha value is -1.35. The number of benzene rings is 1. The molecule has 0 bridgehead atoms. The summed E-state index contributed by atoms with van der Waals surface area (Å²) in [6, 6.07) is 7.76. The van der Waals surface area contributed by atoms with Crippen LogP contribution in [0.2, 0.25) is 0 Å². The number of hydrogen-bond acceptors (Lipinski definition) is 2. The first-order valence-electron chi connectivity index (χ1n) is 6.07. The largest absolute Gasteiger partial charge is 0.478 e. The van der Waals surface area contributed by atoms with Crippen LogP contribution in [0.5, 0.6) is 0 Å². The van der Waals surface area contributed by atoms with E-state index in [0.29, 0.717) is 11.6 Å². The van der Waals surface area contributed by atoms with Gasteiger partial charge in [-0.3, -0.25) is 0 Å². The van der Waals surface area contributed by atoms with Gasteiger partial charge in [-0.1, -0.05) is 25.1 Å². The van der Waals surface area contributed by atoms with Crippen LogP contribution >= 0.6 is 0 Å². The van der Waals surface area contributed by atoms with Crippen LogP contribution in [0.15, 0.2) is 24.3 Å². The number of rotatable bonds is 6. The van der Waals surface area contributed by atoms with Crippen LogP contribution < -0.4 is 0 Å². The molecule has 3 heteroatoms. The van der Waals surface area contributed by atoms with E-state index in [9.17, 15) is 4.79 Å². The van der Waals surface area contributed by atoms with Crippen molar-refractivity contribution in [2.45, 2.75) is 32.7 Å². The highest BCUT2D eigenvalue weighted by atomic mass is 16.4. The van der Waals surface area contributed by atoms with E-state index in [1.165, 1.54) is 0 Å². The molecular weight excluding hydrogens is 214 g/mol. The lowest BCUT2D eigenvalue weighted by atomic mass is 10.0. The highest BCUT2D eigenvalue weighted by Crippen LogP contribution is 2.11. The van der Waals surface area contributed by atoms with Gasteiger partial charge in [-0.25, -0.2) is 4.79 Å². The Morgan fingerprint density at radius 2 is 2.06 bits per heavy atom. The lowest BCUT2D eigenvalue weighted by molar-refractivity contribution is 0.0695. The molecule has 1 aromatic carbocycles. The maximum absolute atomic E-state index is 11.0. The Balaban J connectivity index is 2.66. The molecule has 1 aromatic rings. The molecular formula is C14H21NO2. The van der Waals surface area contributed by atoms with Crippen LogP contribution in [0.1, 0.15) is 36.2 Å². The van der Waals surface area contributed by atoms with E-state index >= 15 is 0 Å². The van der Waals surface area contributed by atoms with Crippen LogP contribution in [-0.2, 0) is 6.42 Å². The van der Waals surface area contributed by atoms with Crippen molar-refractivity contribution < 1.29 is 9.90 Å². The molecule has 1 unspecified atom stereocenters. The van der Waals surface area contributed by atoms with Gasteiger partial charge in [0.2, 0.25) is 0 Å². The molecule has 1 atom stereocenters. The number of nitrogens with zero attached hydrogens (tertiary/aromatic N) is 1. The number of carbonyl (C=O) groups is 1. The Labute approximate surface area is 103 Å². The van der Waals surface area contributed by atoms with E-state index in [0.717, 1.165) is 24.9 Å². The maximum atomic E-state index is 11.0. The fourth-order valence-electron chi connectivity index (χ4n) is 1.78. The van der Waals surface area contributed by atoms with Crippen molar-refractivity contribution in [3.8, 4) is 0 Å². The fourth-order valence-corrected chi connectivity index (χ4v) is 1.78. The summed E-state index contributed by atoms with van der Waals surface area (Å²) in [6.07, 6.45) is 1.89. The quantitative estimate of drug-likeness (QED) is 0.824. The highest BCUT2D eigenvalue weighted by Gasteiger charge is 2.11. The van der Waals surface area contributed by atoms with Crippen molar-refractivity contribution in [2.24, 2.45) is 0 Å². The van der Waals surface area contributed by atoms with Crippen molar-refractivity contribution >= 4 is 5.97 Å². The molecule has 0 heterocycles. The molecule has 0 aliphatic carbocycles. The standard InChI is InChI=1S/C14H21NO2/c1-4-11(2)15(3)10-9-12-7-5-6-8-13(12)14(16)17/h5-8,11H,4,9-10H2,1-3H3,(H,16,17). The van der Waals surface area contributed by atoms with Gasteiger partial charge in [0.05, 0.1) is 5.56 Å². The second kappa shape index (κ2) is 6.40. The lowest BCUT2D eigenvalue weighted by Gasteiger charge is -2.23. The smallest absolute Gasteiger partial charge is 0.335 e. The molecule has 1 N–H and O–H groups in total. The van der Waals surface area contributed by atoms with Crippen molar-refractivity contribution in [2.75, 3.05) is 13.6 Å². The van der Waals surface area contributed by atoms with E-state index in [-0.39, 0.29) is 0 Å². The van der Waals surface area contributed by atoms with Crippen LogP contribution in [0.3, 0.4) is 0 Å². The lowest BCUT2D eigenvalue weighted by Crippen LogP contribution is -2.30. The summed E-state index contributed by atoms with van der Waals surface area (Å²) in [6.45, 7) is 5.23. The minimum absolute atomic E-state index is 0.421. The van der Waals surface area contributed by atoms with Gasteiger partial charge in [-0.2, -0.15) is 0 Å². The number of carboxylic acid groups (broad SMARTS) is 1. The minimum atomic E-state index is -0.841. The first-order valence-corrected chi connectivity index (χ1v) is 6.07. The van der Waals surface area contributed by atoms with Crippen molar-refractivity contribution in [1.82, 2.24) is 4.90 Å². The van der Waals surface area contributed by atoms with Gasteiger partial charge in [-0.15, -0.1) is 0 Å². The van der Waals surface area contributed by atoms with Gasteiger partial charge in [0.15, 0.2) is 0 Å². The second-order valence-electron chi connectivity index (χ2n) is 4.45. The minimum Gasteiger partial charge on any atom is -0.478 e. The molecule has 0 saturated carbocycles. The average Bonchev–Trinajstić information content (AvgIpc) is 2.35. The van der Waals surface area contributed by atoms with E-state index in [1.54, 1.807) is 12.1 Å². The van der Waals surface area contributed by atoms with Crippen LogP contribution in [0, 0.1) is 0 Å². The van der Waals surface area contributed by atoms with Gasteiger partial charge in [0.1, 0.15) is 0 Å². The van der Waals surface area contributed by atoms with Crippen molar-refractivity contribution in [3.63, 3.8) is 0 Å². The van der Waals surface area contributed by atoms with Crippen molar-refractivity contribution in [3.05, 3.63) is 35.4 Å². The molecule has 0 radical (unpaired) electrons. The third-order valence-corrected chi connectivity index (χ3v) is 3.32. The number of hydrogen-bond donors (Lipinski definition) is 1. The summed E-state index contributed by atoms with van der Waals surface area (Å²) in [4.78, 5) is 13.3. The first kappa shape index (κ1) is 13.7. The van der Waals surface area contributed by atoms with E-state index in [1.807, 2.05) is 12.1 Å². The van der Waals surface area contributed by atoms with Crippen LogP contribution in [0.25, 0.3) is 0 Å². The summed E-state index contributed by atoms with van der Waals surface area (Å²) in [5.41, 5.74) is 1.33. The SMILES string of the molecule is CCC(C)N(C)CCc1ccccc1C(=O)O. The van der Waals surface area contributed by atoms with E-state index < -0.39 is 5.97 Å². The van der Waals surface area contributed by atoms with Crippen LogP contribution in [0.4, 0.5) is 0 Å². The zero-order valence-corrected chi connectivity index (χ0v) is 10.8. The molecule has 0 spiro atoms.